The molecular weight excluding hydrogens is 174 g/mol. The number of carbonyl (C=O) groups is 1. The van der Waals surface area contributed by atoms with E-state index in [0.29, 0.717) is 6.04 Å². The molecule has 80 valence electrons. The van der Waals surface area contributed by atoms with Gasteiger partial charge in [-0.25, -0.2) is 0 Å². The Bertz CT molecular complexity index is 237. The lowest BCUT2D eigenvalue weighted by Gasteiger charge is -2.17. The molecule has 0 bridgehead atoms. The summed E-state index contributed by atoms with van der Waals surface area (Å²) in [4.78, 5) is 13.9. The predicted molar refractivity (Wildman–Crippen MR) is 59.3 cm³/mol. The topological polar surface area (TPSA) is 20.3 Å². The lowest BCUT2D eigenvalue weighted by Crippen LogP contribution is -2.24. The zero-order valence-electron chi connectivity index (χ0n) is 9.71. The van der Waals surface area contributed by atoms with Crippen molar-refractivity contribution >= 4 is 5.78 Å². The van der Waals surface area contributed by atoms with Crippen LogP contribution in [0.3, 0.4) is 0 Å². The maximum atomic E-state index is 11.6. The van der Waals surface area contributed by atoms with Crippen molar-refractivity contribution < 1.29 is 4.79 Å². The van der Waals surface area contributed by atoms with E-state index in [4.69, 9.17) is 0 Å². The van der Waals surface area contributed by atoms with Crippen LogP contribution in [-0.4, -0.2) is 30.3 Å². The molecule has 1 fully saturated rings. The van der Waals surface area contributed by atoms with Crippen molar-refractivity contribution in [1.82, 2.24) is 4.90 Å². The van der Waals surface area contributed by atoms with Crippen molar-refractivity contribution in [2.45, 2.75) is 39.7 Å². The van der Waals surface area contributed by atoms with Crippen LogP contribution in [0.25, 0.3) is 0 Å². The van der Waals surface area contributed by atoms with Crippen molar-refractivity contribution in [2.75, 3.05) is 13.6 Å². The molecule has 0 aromatic carbocycles. The zero-order valence-corrected chi connectivity index (χ0v) is 9.71. The highest BCUT2D eigenvalue weighted by atomic mass is 16.1. The predicted octanol–water partition coefficient (Wildman–Crippen LogP) is 2.25. The Labute approximate surface area is 87.0 Å². The summed E-state index contributed by atoms with van der Waals surface area (Å²) in [5, 5.41) is 0. The van der Waals surface area contributed by atoms with Crippen LogP contribution < -0.4 is 0 Å². The van der Waals surface area contributed by atoms with E-state index < -0.39 is 0 Å². The highest BCUT2D eigenvalue weighted by molar-refractivity contribution is 5.93. The van der Waals surface area contributed by atoms with Crippen molar-refractivity contribution in [3.63, 3.8) is 0 Å². The molecule has 1 aliphatic rings. The van der Waals surface area contributed by atoms with E-state index in [1.54, 1.807) is 6.08 Å². The molecule has 0 aliphatic carbocycles. The number of likely N-dealkylation sites (N-methyl/N-ethyl adjacent to an activating group) is 1. The van der Waals surface area contributed by atoms with E-state index in [0.717, 1.165) is 6.54 Å². The van der Waals surface area contributed by atoms with Crippen LogP contribution in [0.5, 0.6) is 0 Å². The van der Waals surface area contributed by atoms with Gasteiger partial charge in [-0.1, -0.05) is 26.8 Å². The van der Waals surface area contributed by atoms with Crippen molar-refractivity contribution in [3.8, 4) is 0 Å². The van der Waals surface area contributed by atoms with Gasteiger partial charge in [0.1, 0.15) is 0 Å². The van der Waals surface area contributed by atoms with E-state index in [-0.39, 0.29) is 11.2 Å². The zero-order chi connectivity index (χ0) is 10.8. The fourth-order valence-corrected chi connectivity index (χ4v) is 1.63. The van der Waals surface area contributed by atoms with Gasteiger partial charge in [0.2, 0.25) is 0 Å². The molecule has 1 unspecified atom stereocenters. The molecule has 1 atom stereocenters. The van der Waals surface area contributed by atoms with Crippen LogP contribution in [0.15, 0.2) is 12.2 Å². The second-order valence-corrected chi connectivity index (χ2v) is 5.16. The average molecular weight is 195 g/mol. The molecule has 0 spiro atoms. The summed E-state index contributed by atoms with van der Waals surface area (Å²) in [6, 6.07) is 0.473. The highest BCUT2D eigenvalue weighted by Crippen LogP contribution is 2.18. The van der Waals surface area contributed by atoms with E-state index >= 15 is 0 Å². The molecule has 1 rings (SSSR count). The van der Waals surface area contributed by atoms with Gasteiger partial charge in [-0.15, -0.1) is 0 Å². The maximum Gasteiger partial charge on any atom is 0.160 e. The molecule has 2 nitrogen and oxygen atoms in total. The Balaban J connectivity index is 2.51. The minimum Gasteiger partial charge on any atom is -0.300 e. The second-order valence-electron chi connectivity index (χ2n) is 5.16. The van der Waals surface area contributed by atoms with Crippen LogP contribution in [-0.2, 0) is 4.79 Å². The number of allylic oxidation sites excluding steroid dienone is 1. The Morgan fingerprint density at radius 3 is 2.50 bits per heavy atom. The first-order chi connectivity index (χ1) is 6.41. The van der Waals surface area contributed by atoms with E-state index in [2.05, 4.69) is 18.0 Å². The van der Waals surface area contributed by atoms with Crippen molar-refractivity contribution in [3.05, 3.63) is 12.2 Å². The fourth-order valence-electron chi connectivity index (χ4n) is 1.63. The normalized spacial score (nSPS) is 24.7. The van der Waals surface area contributed by atoms with E-state index in [9.17, 15) is 4.79 Å². The number of nitrogens with zero attached hydrogens (tertiary/aromatic N) is 1. The monoisotopic (exact) mass is 195 g/mol. The number of rotatable bonds is 2. The molecule has 0 aromatic rings. The molecule has 14 heavy (non-hydrogen) atoms. The Morgan fingerprint density at radius 1 is 1.43 bits per heavy atom. The summed E-state index contributed by atoms with van der Waals surface area (Å²) < 4.78 is 0. The third kappa shape index (κ3) is 2.95. The third-order valence-corrected chi connectivity index (χ3v) is 2.79. The highest BCUT2D eigenvalue weighted by Gasteiger charge is 2.21. The Hall–Kier alpha value is -0.630. The fraction of sp³-hybridized carbons (Fsp3) is 0.750. The molecule has 0 N–H and O–H groups in total. The van der Waals surface area contributed by atoms with Gasteiger partial charge in [-0.05, 0) is 32.5 Å². The first-order valence-electron chi connectivity index (χ1n) is 5.34. The second kappa shape index (κ2) is 4.26. The Kier molecular flexibility index (Phi) is 3.48. The lowest BCUT2D eigenvalue weighted by molar-refractivity contribution is -0.121. The molecule has 0 radical (unpaired) electrons. The standard InChI is InChI=1S/C12H21NO/c1-12(2,3)11(14)8-7-10-6-5-9-13(10)4/h7-8,10H,5-6,9H2,1-4H3/b8-7-. The number of ketones is 1. The van der Waals surface area contributed by atoms with Gasteiger partial charge in [0.25, 0.3) is 0 Å². The maximum absolute atomic E-state index is 11.6. The molecule has 0 saturated carbocycles. The number of likely N-dealkylation sites (tertiary alicyclic amines) is 1. The molecule has 1 aliphatic heterocycles. The Morgan fingerprint density at radius 2 is 2.07 bits per heavy atom. The summed E-state index contributed by atoms with van der Waals surface area (Å²) in [5.41, 5.74) is -0.242. The summed E-state index contributed by atoms with van der Waals surface area (Å²) in [6.07, 6.45) is 6.24. The summed E-state index contributed by atoms with van der Waals surface area (Å²) in [5.74, 6) is 0.220. The first kappa shape index (κ1) is 11.4. The van der Waals surface area contributed by atoms with Crippen LogP contribution >= 0.6 is 0 Å². The van der Waals surface area contributed by atoms with Gasteiger partial charge in [0.05, 0.1) is 0 Å². The molecule has 2 heteroatoms. The number of hydrogen-bond acceptors (Lipinski definition) is 2. The van der Waals surface area contributed by atoms with E-state index in [1.165, 1.54) is 12.8 Å². The van der Waals surface area contributed by atoms with Crippen LogP contribution in [0, 0.1) is 5.41 Å². The minimum atomic E-state index is -0.242. The van der Waals surface area contributed by atoms with Gasteiger partial charge in [-0.3, -0.25) is 9.69 Å². The van der Waals surface area contributed by atoms with Crippen molar-refractivity contribution in [1.29, 1.82) is 0 Å². The van der Waals surface area contributed by atoms with Crippen molar-refractivity contribution in [2.24, 2.45) is 5.41 Å². The van der Waals surface area contributed by atoms with Crippen LogP contribution in [0.4, 0.5) is 0 Å². The average Bonchev–Trinajstić information content (AvgIpc) is 2.45. The summed E-state index contributed by atoms with van der Waals surface area (Å²) >= 11 is 0. The molecule has 1 saturated heterocycles. The number of hydrogen-bond donors (Lipinski definition) is 0. The van der Waals surface area contributed by atoms with Gasteiger partial charge in [-0.2, -0.15) is 0 Å². The molecule has 0 amide bonds. The van der Waals surface area contributed by atoms with Gasteiger partial charge in [0.15, 0.2) is 5.78 Å². The van der Waals surface area contributed by atoms with E-state index in [1.807, 2.05) is 20.8 Å². The quantitative estimate of drug-likeness (QED) is 0.630. The SMILES string of the molecule is CN1CCCC1/C=C\C(=O)C(C)(C)C. The largest absolute Gasteiger partial charge is 0.300 e. The lowest BCUT2D eigenvalue weighted by atomic mass is 9.90. The van der Waals surface area contributed by atoms with Gasteiger partial charge >= 0.3 is 0 Å². The molecule has 0 aromatic heterocycles. The minimum absolute atomic E-state index is 0.220. The van der Waals surface area contributed by atoms with Crippen LogP contribution in [0.2, 0.25) is 0 Å². The van der Waals surface area contributed by atoms with Crippen LogP contribution in [0.1, 0.15) is 33.6 Å². The summed E-state index contributed by atoms with van der Waals surface area (Å²) in [7, 11) is 2.11. The molecule has 1 heterocycles. The number of carbonyl (C=O) groups excluding carboxylic acids is 1. The molecular formula is C12H21NO. The van der Waals surface area contributed by atoms with Gasteiger partial charge in [0, 0.05) is 11.5 Å². The first-order valence-corrected chi connectivity index (χ1v) is 5.34. The smallest absolute Gasteiger partial charge is 0.160 e. The third-order valence-electron chi connectivity index (χ3n) is 2.79. The summed E-state index contributed by atoms with van der Waals surface area (Å²) in [6.45, 7) is 7.02. The van der Waals surface area contributed by atoms with Gasteiger partial charge < -0.3 is 0 Å².